The summed E-state index contributed by atoms with van der Waals surface area (Å²) in [6.45, 7) is 0.667. The Bertz CT molecular complexity index is 527. The van der Waals surface area contributed by atoms with E-state index in [9.17, 15) is 4.79 Å². The maximum atomic E-state index is 12.3. The highest BCUT2D eigenvalue weighted by Crippen LogP contribution is 2.25. The number of hydrogen-bond acceptors (Lipinski definition) is 2. The van der Waals surface area contributed by atoms with Crippen LogP contribution < -0.4 is 16.0 Å². The lowest BCUT2D eigenvalue weighted by Gasteiger charge is -2.21. The van der Waals surface area contributed by atoms with Crippen LogP contribution in [-0.4, -0.2) is 26.0 Å². The minimum absolute atomic E-state index is 0. The van der Waals surface area contributed by atoms with Crippen LogP contribution in [0.5, 0.6) is 0 Å². The molecule has 1 fully saturated rings. The number of carbonyl (C=O) groups excluding carboxylic acids is 1. The molecule has 23 heavy (non-hydrogen) atoms. The van der Waals surface area contributed by atoms with E-state index >= 15 is 0 Å². The van der Waals surface area contributed by atoms with Gasteiger partial charge in [0.15, 0.2) is 5.96 Å². The normalized spacial score (nSPS) is 15.5. The Balaban J connectivity index is 0.00000264. The van der Waals surface area contributed by atoms with Gasteiger partial charge < -0.3 is 16.0 Å². The molecule has 0 saturated heterocycles. The average Bonchev–Trinajstić information content (AvgIpc) is 2.57. The SMILES string of the molecule is CN=C(NC)NCc1cccc(NC(=O)C2CCCCC2)c1.I. The highest BCUT2D eigenvalue weighted by Gasteiger charge is 2.20. The van der Waals surface area contributed by atoms with Crippen molar-refractivity contribution in [3.63, 3.8) is 0 Å². The number of nitrogens with zero attached hydrogens (tertiary/aromatic N) is 1. The van der Waals surface area contributed by atoms with E-state index in [1.54, 1.807) is 7.05 Å². The third-order valence-corrected chi connectivity index (χ3v) is 4.09. The fourth-order valence-corrected chi connectivity index (χ4v) is 2.83. The molecule has 3 N–H and O–H groups in total. The molecule has 128 valence electrons. The number of rotatable bonds is 4. The molecular weight excluding hydrogens is 403 g/mol. The van der Waals surface area contributed by atoms with Crippen LogP contribution in [0.2, 0.25) is 0 Å². The van der Waals surface area contributed by atoms with Crippen LogP contribution in [0.25, 0.3) is 0 Å². The average molecular weight is 430 g/mol. The van der Waals surface area contributed by atoms with Crippen LogP contribution >= 0.6 is 24.0 Å². The maximum absolute atomic E-state index is 12.3. The molecule has 0 unspecified atom stereocenters. The topological polar surface area (TPSA) is 65.5 Å². The first kappa shape index (κ1) is 19.7. The van der Waals surface area contributed by atoms with E-state index in [1.807, 2.05) is 31.3 Å². The number of amides is 1. The lowest BCUT2D eigenvalue weighted by atomic mass is 9.88. The Morgan fingerprint density at radius 1 is 1.26 bits per heavy atom. The van der Waals surface area contributed by atoms with Crippen molar-refractivity contribution in [3.05, 3.63) is 29.8 Å². The number of aliphatic imine (C=N–C) groups is 1. The van der Waals surface area contributed by atoms with Crippen molar-refractivity contribution >= 4 is 41.5 Å². The standard InChI is InChI=1S/C17H26N4O.HI/c1-18-17(19-2)20-12-13-7-6-10-15(11-13)21-16(22)14-8-4-3-5-9-14;/h6-7,10-11,14H,3-5,8-9,12H2,1-2H3,(H,21,22)(H2,18,19,20);1H. The zero-order valence-corrected chi connectivity index (χ0v) is 16.2. The van der Waals surface area contributed by atoms with Crippen LogP contribution in [0.4, 0.5) is 5.69 Å². The number of anilines is 1. The summed E-state index contributed by atoms with van der Waals surface area (Å²) in [5.74, 6) is 1.09. The van der Waals surface area contributed by atoms with Crippen LogP contribution in [0.15, 0.2) is 29.3 Å². The third-order valence-electron chi connectivity index (χ3n) is 4.09. The second-order valence-electron chi connectivity index (χ2n) is 5.70. The van der Waals surface area contributed by atoms with Crippen LogP contribution in [0, 0.1) is 5.92 Å². The number of benzene rings is 1. The van der Waals surface area contributed by atoms with Crippen LogP contribution in [0.1, 0.15) is 37.7 Å². The van der Waals surface area contributed by atoms with Crippen molar-refractivity contribution in [3.8, 4) is 0 Å². The van der Waals surface area contributed by atoms with Gasteiger partial charge in [-0.1, -0.05) is 31.4 Å². The zero-order valence-electron chi connectivity index (χ0n) is 13.9. The third kappa shape index (κ3) is 6.37. The Kier molecular flexibility index (Phi) is 8.98. The molecule has 2 rings (SSSR count). The number of carbonyl (C=O) groups is 1. The van der Waals surface area contributed by atoms with Gasteiger partial charge in [0, 0.05) is 32.2 Å². The van der Waals surface area contributed by atoms with Gasteiger partial charge in [-0.05, 0) is 30.5 Å². The predicted octanol–water partition coefficient (Wildman–Crippen LogP) is 3.12. The van der Waals surface area contributed by atoms with Gasteiger partial charge in [-0.2, -0.15) is 0 Å². The highest BCUT2D eigenvalue weighted by atomic mass is 127. The number of nitrogens with one attached hydrogen (secondary N) is 3. The lowest BCUT2D eigenvalue weighted by Crippen LogP contribution is -2.34. The second-order valence-corrected chi connectivity index (χ2v) is 5.70. The molecule has 1 aromatic rings. The van der Waals surface area contributed by atoms with Crippen molar-refractivity contribution < 1.29 is 4.79 Å². The van der Waals surface area contributed by atoms with Crippen molar-refractivity contribution in [1.82, 2.24) is 10.6 Å². The zero-order chi connectivity index (χ0) is 15.8. The second kappa shape index (κ2) is 10.5. The molecule has 1 aliphatic carbocycles. The van der Waals surface area contributed by atoms with Crippen molar-refractivity contribution in [2.45, 2.75) is 38.6 Å². The summed E-state index contributed by atoms with van der Waals surface area (Å²) in [6, 6.07) is 7.95. The molecule has 0 atom stereocenters. The quantitative estimate of drug-likeness (QED) is 0.391. The first-order valence-corrected chi connectivity index (χ1v) is 8.01. The molecule has 0 bridgehead atoms. The molecular formula is C17H27IN4O. The molecule has 6 heteroatoms. The Morgan fingerprint density at radius 2 is 2.00 bits per heavy atom. The van der Waals surface area contributed by atoms with Crippen molar-refractivity contribution in [1.29, 1.82) is 0 Å². The number of guanidine groups is 1. The predicted molar refractivity (Wildman–Crippen MR) is 106 cm³/mol. The Hall–Kier alpha value is -1.31. The fraction of sp³-hybridized carbons (Fsp3) is 0.529. The molecule has 0 radical (unpaired) electrons. The maximum Gasteiger partial charge on any atom is 0.227 e. The van der Waals surface area contributed by atoms with Gasteiger partial charge in [0.25, 0.3) is 0 Å². The Labute approximate surface area is 155 Å². The molecule has 1 saturated carbocycles. The lowest BCUT2D eigenvalue weighted by molar-refractivity contribution is -0.120. The molecule has 1 aromatic carbocycles. The van der Waals surface area contributed by atoms with Crippen molar-refractivity contribution in [2.75, 3.05) is 19.4 Å². The van der Waals surface area contributed by atoms with Gasteiger partial charge in [-0.15, -0.1) is 24.0 Å². The molecule has 0 heterocycles. The molecule has 0 spiro atoms. The fourth-order valence-electron chi connectivity index (χ4n) is 2.83. The van der Waals surface area contributed by atoms with Gasteiger partial charge in [-0.3, -0.25) is 9.79 Å². The summed E-state index contributed by atoms with van der Waals surface area (Å²) in [5, 5.41) is 9.24. The van der Waals surface area contributed by atoms with Gasteiger partial charge in [0.1, 0.15) is 0 Å². The first-order valence-electron chi connectivity index (χ1n) is 8.01. The molecule has 0 aliphatic heterocycles. The van der Waals surface area contributed by atoms with Crippen molar-refractivity contribution in [2.24, 2.45) is 10.9 Å². The monoisotopic (exact) mass is 430 g/mol. The van der Waals surface area contributed by atoms with Gasteiger partial charge in [0.2, 0.25) is 5.91 Å². The molecule has 1 aliphatic rings. The molecule has 1 amide bonds. The number of hydrogen-bond donors (Lipinski definition) is 3. The first-order chi connectivity index (χ1) is 10.7. The summed E-state index contributed by atoms with van der Waals surface area (Å²) in [7, 11) is 3.57. The van der Waals surface area contributed by atoms with E-state index in [4.69, 9.17) is 0 Å². The smallest absolute Gasteiger partial charge is 0.227 e. The molecule has 0 aromatic heterocycles. The summed E-state index contributed by atoms with van der Waals surface area (Å²) in [6.07, 6.45) is 5.64. The van der Waals surface area contributed by atoms with Gasteiger partial charge >= 0.3 is 0 Å². The van der Waals surface area contributed by atoms with E-state index in [-0.39, 0.29) is 35.8 Å². The summed E-state index contributed by atoms with van der Waals surface area (Å²) >= 11 is 0. The summed E-state index contributed by atoms with van der Waals surface area (Å²) < 4.78 is 0. The minimum atomic E-state index is 0. The van der Waals surface area contributed by atoms with Gasteiger partial charge in [0.05, 0.1) is 0 Å². The van der Waals surface area contributed by atoms with E-state index in [0.717, 1.165) is 30.1 Å². The van der Waals surface area contributed by atoms with Gasteiger partial charge in [-0.25, -0.2) is 0 Å². The minimum Gasteiger partial charge on any atom is -0.359 e. The Morgan fingerprint density at radius 3 is 2.65 bits per heavy atom. The molecule has 5 nitrogen and oxygen atoms in total. The van der Waals surface area contributed by atoms with E-state index in [1.165, 1.54) is 19.3 Å². The summed E-state index contributed by atoms with van der Waals surface area (Å²) in [5.41, 5.74) is 1.98. The van der Waals surface area contributed by atoms with E-state index in [2.05, 4.69) is 20.9 Å². The highest BCUT2D eigenvalue weighted by molar-refractivity contribution is 14.0. The van der Waals surface area contributed by atoms with E-state index in [0.29, 0.717) is 6.54 Å². The summed E-state index contributed by atoms with van der Waals surface area (Å²) in [4.78, 5) is 16.4. The van der Waals surface area contributed by atoms with Crippen LogP contribution in [-0.2, 0) is 11.3 Å². The van der Waals surface area contributed by atoms with Crippen LogP contribution in [0.3, 0.4) is 0 Å². The number of halogens is 1. The van der Waals surface area contributed by atoms with E-state index < -0.39 is 0 Å². The largest absolute Gasteiger partial charge is 0.359 e.